The normalized spacial score (nSPS) is 13.5. The van der Waals surface area contributed by atoms with E-state index in [1.54, 1.807) is 19.1 Å². The van der Waals surface area contributed by atoms with Gasteiger partial charge in [0.15, 0.2) is 0 Å². The highest BCUT2D eigenvalue weighted by Gasteiger charge is 2.21. The van der Waals surface area contributed by atoms with Crippen LogP contribution in [-0.4, -0.2) is 13.7 Å². The van der Waals surface area contributed by atoms with Crippen molar-refractivity contribution in [3.8, 4) is 0 Å². The van der Waals surface area contributed by atoms with Crippen molar-refractivity contribution in [2.75, 3.05) is 10.5 Å². The minimum atomic E-state index is -3.46. The van der Waals surface area contributed by atoms with E-state index in [0.29, 0.717) is 17.8 Å². The van der Waals surface area contributed by atoms with Crippen molar-refractivity contribution in [2.45, 2.75) is 38.9 Å². The molecule has 1 atom stereocenters. The second kappa shape index (κ2) is 8.21. The number of sulfonamides is 1. The monoisotopic (exact) mass is 358 g/mol. The molecule has 25 heavy (non-hydrogen) atoms. The summed E-state index contributed by atoms with van der Waals surface area (Å²) in [4.78, 5) is 0. The molecule has 0 aromatic heterocycles. The van der Waals surface area contributed by atoms with Crippen LogP contribution in [0.2, 0.25) is 0 Å². The Hall–Kier alpha value is -2.27. The molecule has 0 saturated heterocycles. The lowest BCUT2D eigenvalue weighted by molar-refractivity contribution is 0.581. The van der Waals surface area contributed by atoms with Crippen molar-refractivity contribution in [3.63, 3.8) is 0 Å². The summed E-state index contributed by atoms with van der Waals surface area (Å²) in [7, 11) is -3.46. The molecule has 2 aromatic rings. The van der Waals surface area contributed by atoms with Crippen LogP contribution in [0.5, 0.6) is 0 Å². The van der Waals surface area contributed by atoms with Gasteiger partial charge in [-0.25, -0.2) is 8.42 Å². The van der Waals surface area contributed by atoms with E-state index >= 15 is 0 Å². The van der Waals surface area contributed by atoms with Gasteiger partial charge in [-0.1, -0.05) is 55.8 Å². The minimum absolute atomic E-state index is 0.416. The molecule has 0 fully saturated rings. The molecule has 5 heteroatoms. The average Bonchev–Trinajstić information content (AvgIpc) is 2.59. The first kappa shape index (κ1) is 19.1. The first-order valence-electron chi connectivity index (χ1n) is 8.52. The number of nitrogens with one attached hydrogen (secondary N) is 1. The molecule has 0 radical (unpaired) electrons. The maximum absolute atomic E-state index is 12.5. The zero-order chi connectivity index (χ0) is 18.4. The standard InChI is InChI=1S/C20H26N2O2S/c1-4-9-15(3)25(23,24)22-20-14-17(12-13-19(20)21)18(5-2)16-10-7-6-8-11-16/h5-8,10-15,22H,4,9,21H2,1-3H3/b18-5+. The van der Waals surface area contributed by atoms with Gasteiger partial charge >= 0.3 is 0 Å². The summed E-state index contributed by atoms with van der Waals surface area (Å²) in [6, 6.07) is 15.4. The Balaban J connectivity index is 2.38. The first-order chi connectivity index (χ1) is 11.9. The van der Waals surface area contributed by atoms with Crippen LogP contribution >= 0.6 is 0 Å². The Morgan fingerprint density at radius 2 is 1.84 bits per heavy atom. The van der Waals surface area contributed by atoms with Gasteiger partial charge in [-0.05, 0) is 49.1 Å². The maximum atomic E-state index is 12.5. The molecule has 0 aliphatic heterocycles. The van der Waals surface area contributed by atoms with Crippen LogP contribution < -0.4 is 10.5 Å². The molecular formula is C20H26N2O2S. The summed E-state index contributed by atoms with van der Waals surface area (Å²) >= 11 is 0. The van der Waals surface area contributed by atoms with Gasteiger partial charge in [0.1, 0.15) is 0 Å². The Morgan fingerprint density at radius 3 is 2.44 bits per heavy atom. The summed E-state index contributed by atoms with van der Waals surface area (Å²) in [5.74, 6) is 0. The molecular weight excluding hydrogens is 332 g/mol. The predicted octanol–water partition coefficient (Wildman–Crippen LogP) is 4.65. The van der Waals surface area contributed by atoms with Gasteiger partial charge in [0.2, 0.25) is 10.0 Å². The fourth-order valence-corrected chi connectivity index (χ4v) is 3.98. The van der Waals surface area contributed by atoms with E-state index in [0.717, 1.165) is 23.1 Å². The average molecular weight is 359 g/mol. The van der Waals surface area contributed by atoms with Crippen LogP contribution in [0.15, 0.2) is 54.6 Å². The van der Waals surface area contributed by atoms with E-state index in [9.17, 15) is 8.42 Å². The van der Waals surface area contributed by atoms with Crippen molar-refractivity contribution < 1.29 is 8.42 Å². The number of allylic oxidation sites excluding steroid dienone is 1. The van der Waals surface area contributed by atoms with Crippen LogP contribution in [-0.2, 0) is 10.0 Å². The smallest absolute Gasteiger partial charge is 0.235 e. The van der Waals surface area contributed by atoms with E-state index < -0.39 is 15.3 Å². The number of anilines is 2. The SMILES string of the molecule is C/C=C(\c1ccccc1)c1ccc(N)c(NS(=O)(=O)C(C)CCC)c1. The number of nitrogen functional groups attached to an aromatic ring is 1. The summed E-state index contributed by atoms with van der Waals surface area (Å²) in [5, 5.41) is -0.462. The van der Waals surface area contributed by atoms with Crippen LogP contribution in [0.3, 0.4) is 0 Å². The zero-order valence-corrected chi connectivity index (χ0v) is 15.8. The van der Waals surface area contributed by atoms with Crippen molar-refractivity contribution in [2.24, 2.45) is 0 Å². The highest BCUT2D eigenvalue weighted by Crippen LogP contribution is 2.29. The summed E-state index contributed by atoms with van der Waals surface area (Å²) in [5.41, 5.74) is 9.87. The lowest BCUT2D eigenvalue weighted by Crippen LogP contribution is -2.25. The third-order valence-electron chi connectivity index (χ3n) is 4.21. The minimum Gasteiger partial charge on any atom is -0.397 e. The molecule has 0 aliphatic rings. The Bertz CT molecular complexity index is 843. The van der Waals surface area contributed by atoms with Gasteiger partial charge in [-0.3, -0.25) is 4.72 Å². The third-order valence-corrected chi connectivity index (χ3v) is 6.01. The number of benzene rings is 2. The lowest BCUT2D eigenvalue weighted by atomic mass is 9.97. The quantitative estimate of drug-likeness (QED) is 0.708. The predicted molar refractivity (Wildman–Crippen MR) is 107 cm³/mol. The fourth-order valence-electron chi connectivity index (χ4n) is 2.75. The zero-order valence-electron chi connectivity index (χ0n) is 15.0. The number of rotatable bonds is 7. The number of nitrogens with two attached hydrogens (primary N) is 1. The van der Waals surface area contributed by atoms with E-state index in [4.69, 9.17) is 5.73 Å². The lowest BCUT2D eigenvalue weighted by Gasteiger charge is -2.17. The Labute approximate surface area is 150 Å². The molecule has 4 nitrogen and oxygen atoms in total. The van der Waals surface area contributed by atoms with Crippen molar-refractivity contribution >= 4 is 27.0 Å². The Kier molecular flexibility index (Phi) is 6.26. The van der Waals surface area contributed by atoms with E-state index in [1.165, 1.54) is 0 Å². The molecule has 0 bridgehead atoms. The molecule has 0 aliphatic carbocycles. The van der Waals surface area contributed by atoms with Crippen LogP contribution in [0.4, 0.5) is 11.4 Å². The van der Waals surface area contributed by atoms with Crippen LogP contribution in [0, 0.1) is 0 Å². The molecule has 2 rings (SSSR count). The molecule has 0 spiro atoms. The van der Waals surface area contributed by atoms with E-state index in [-0.39, 0.29) is 0 Å². The second-order valence-corrected chi connectivity index (χ2v) is 8.22. The van der Waals surface area contributed by atoms with Crippen LogP contribution in [0.1, 0.15) is 44.7 Å². The molecule has 0 saturated carbocycles. The largest absolute Gasteiger partial charge is 0.397 e. The summed E-state index contributed by atoms with van der Waals surface area (Å²) in [6.45, 7) is 5.65. The van der Waals surface area contributed by atoms with E-state index in [1.807, 2.05) is 56.3 Å². The van der Waals surface area contributed by atoms with Gasteiger partial charge in [-0.2, -0.15) is 0 Å². The van der Waals surface area contributed by atoms with Crippen molar-refractivity contribution in [1.82, 2.24) is 0 Å². The molecule has 134 valence electrons. The van der Waals surface area contributed by atoms with E-state index in [2.05, 4.69) is 4.72 Å². The molecule has 0 amide bonds. The highest BCUT2D eigenvalue weighted by molar-refractivity contribution is 7.93. The van der Waals surface area contributed by atoms with Gasteiger partial charge in [-0.15, -0.1) is 0 Å². The molecule has 1 unspecified atom stereocenters. The van der Waals surface area contributed by atoms with Crippen molar-refractivity contribution in [3.05, 3.63) is 65.7 Å². The summed E-state index contributed by atoms with van der Waals surface area (Å²) in [6.07, 6.45) is 3.44. The third kappa shape index (κ3) is 4.63. The molecule has 2 aromatic carbocycles. The fraction of sp³-hybridized carbons (Fsp3) is 0.300. The van der Waals surface area contributed by atoms with Gasteiger partial charge in [0.25, 0.3) is 0 Å². The first-order valence-corrected chi connectivity index (χ1v) is 10.1. The van der Waals surface area contributed by atoms with Gasteiger partial charge in [0.05, 0.1) is 16.6 Å². The highest BCUT2D eigenvalue weighted by atomic mass is 32.2. The topological polar surface area (TPSA) is 72.2 Å². The summed E-state index contributed by atoms with van der Waals surface area (Å²) < 4.78 is 27.6. The number of hydrogen-bond donors (Lipinski definition) is 2. The molecule has 0 heterocycles. The van der Waals surface area contributed by atoms with Gasteiger partial charge in [0, 0.05) is 0 Å². The molecule has 3 N–H and O–H groups in total. The maximum Gasteiger partial charge on any atom is 0.235 e. The van der Waals surface area contributed by atoms with Gasteiger partial charge < -0.3 is 5.73 Å². The van der Waals surface area contributed by atoms with Crippen molar-refractivity contribution in [1.29, 1.82) is 0 Å². The second-order valence-electron chi connectivity index (χ2n) is 6.12. The Morgan fingerprint density at radius 1 is 1.16 bits per heavy atom. The number of hydrogen-bond acceptors (Lipinski definition) is 3. The van der Waals surface area contributed by atoms with Crippen LogP contribution in [0.25, 0.3) is 5.57 Å².